The van der Waals surface area contributed by atoms with E-state index in [0.29, 0.717) is 22.9 Å². The van der Waals surface area contributed by atoms with Crippen molar-refractivity contribution in [1.82, 2.24) is 10.3 Å². The average molecular weight is 348 g/mol. The Hall–Kier alpha value is -2.31. The molecule has 0 aliphatic carbocycles. The number of pyridine rings is 1. The van der Waals surface area contributed by atoms with Gasteiger partial charge in [0.1, 0.15) is 6.10 Å². The second-order valence-electron chi connectivity index (χ2n) is 5.74. The second kappa shape index (κ2) is 7.07. The van der Waals surface area contributed by atoms with Gasteiger partial charge in [0.05, 0.1) is 11.7 Å². The van der Waals surface area contributed by atoms with Gasteiger partial charge in [0.25, 0.3) is 5.56 Å². The molecule has 24 heavy (non-hydrogen) atoms. The Kier molecular flexibility index (Phi) is 4.87. The van der Waals surface area contributed by atoms with Gasteiger partial charge in [0.2, 0.25) is 0 Å². The summed E-state index contributed by atoms with van der Waals surface area (Å²) in [6.45, 7) is 2.26. The van der Waals surface area contributed by atoms with Gasteiger partial charge >= 0.3 is 6.03 Å². The SMILES string of the molecule is Cc1cc(NC(=O)N[C@H]2CCO[C@@H]2c2ccc(Cl)cc2)c[nH]c1=O. The van der Waals surface area contributed by atoms with E-state index in [2.05, 4.69) is 15.6 Å². The number of hydrogen-bond donors (Lipinski definition) is 3. The zero-order valence-electron chi connectivity index (χ0n) is 13.1. The lowest BCUT2D eigenvalue weighted by molar-refractivity contribution is 0.100. The molecule has 3 N–H and O–H groups in total. The predicted molar refractivity (Wildman–Crippen MR) is 92.5 cm³/mol. The quantitative estimate of drug-likeness (QED) is 0.798. The first kappa shape index (κ1) is 16.5. The van der Waals surface area contributed by atoms with Crippen LogP contribution < -0.4 is 16.2 Å². The van der Waals surface area contributed by atoms with Gasteiger partial charge in [0, 0.05) is 23.4 Å². The summed E-state index contributed by atoms with van der Waals surface area (Å²) in [6, 6.07) is 8.57. The number of aromatic nitrogens is 1. The van der Waals surface area contributed by atoms with E-state index in [1.54, 1.807) is 25.1 Å². The van der Waals surface area contributed by atoms with Gasteiger partial charge in [-0.05, 0) is 37.1 Å². The number of rotatable bonds is 3. The molecule has 1 aromatic heterocycles. The first-order valence-electron chi connectivity index (χ1n) is 7.67. The van der Waals surface area contributed by atoms with E-state index in [4.69, 9.17) is 16.3 Å². The number of amides is 2. The standard InChI is InChI=1S/C17H18ClN3O3/c1-10-8-13(9-19-16(10)22)20-17(23)21-14-6-7-24-15(14)11-2-4-12(18)5-3-11/h2-5,8-9,14-15H,6-7H2,1H3,(H,19,22)(H2,20,21,23)/t14-,15+/m0/s1. The summed E-state index contributed by atoms with van der Waals surface area (Å²) < 4.78 is 5.74. The van der Waals surface area contributed by atoms with Crippen LogP contribution in [0, 0.1) is 6.92 Å². The third kappa shape index (κ3) is 3.77. The maximum atomic E-state index is 12.2. The van der Waals surface area contributed by atoms with Crippen LogP contribution in [0.15, 0.2) is 41.3 Å². The Morgan fingerprint density at radius 2 is 2.08 bits per heavy atom. The molecular formula is C17H18ClN3O3. The highest BCUT2D eigenvalue weighted by atomic mass is 35.5. The smallest absolute Gasteiger partial charge is 0.319 e. The molecule has 2 heterocycles. The molecule has 0 saturated carbocycles. The average Bonchev–Trinajstić information content (AvgIpc) is 2.99. The highest BCUT2D eigenvalue weighted by Gasteiger charge is 2.30. The number of halogens is 1. The molecule has 1 saturated heterocycles. The fourth-order valence-electron chi connectivity index (χ4n) is 2.72. The van der Waals surface area contributed by atoms with E-state index < -0.39 is 0 Å². The first-order chi connectivity index (χ1) is 11.5. The molecule has 7 heteroatoms. The molecule has 3 rings (SSSR count). The third-order valence-corrected chi connectivity index (χ3v) is 4.21. The molecule has 126 valence electrons. The van der Waals surface area contributed by atoms with Gasteiger partial charge in [0.15, 0.2) is 0 Å². The number of urea groups is 1. The lowest BCUT2D eigenvalue weighted by Crippen LogP contribution is -2.39. The van der Waals surface area contributed by atoms with E-state index in [9.17, 15) is 9.59 Å². The van der Waals surface area contributed by atoms with Crippen molar-refractivity contribution in [3.05, 3.63) is 63.0 Å². The van der Waals surface area contributed by atoms with Gasteiger partial charge in [-0.1, -0.05) is 23.7 Å². The zero-order chi connectivity index (χ0) is 17.1. The molecule has 1 fully saturated rings. The van der Waals surface area contributed by atoms with Crippen molar-refractivity contribution in [1.29, 1.82) is 0 Å². The molecule has 2 amide bonds. The molecule has 0 radical (unpaired) electrons. The second-order valence-corrected chi connectivity index (χ2v) is 6.17. The Balaban J connectivity index is 1.65. The topological polar surface area (TPSA) is 83.2 Å². The van der Waals surface area contributed by atoms with Crippen molar-refractivity contribution in [3.8, 4) is 0 Å². The largest absolute Gasteiger partial charge is 0.371 e. The lowest BCUT2D eigenvalue weighted by atomic mass is 10.0. The summed E-state index contributed by atoms with van der Waals surface area (Å²) in [5.74, 6) is 0. The predicted octanol–water partition coefficient (Wildman–Crippen LogP) is 2.99. The Morgan fingerprint density at radius 3 is 2.79 bits per heavy atom. The van der Waals surface area contributed by atoms with Crippen LogP contribution in [0.5, 0.6) is 0 Å². The molecule has 0 unspecified atom stereocenters. The van der Waals surface area contributed by atoms with Gasteiger partial charge < -0.3 is 20.4 Å². The fourth-order valence-corrected chi connectivity index (χ4v) is 2.85. The molecule has 2 atom stereocenters. The van der Waals surface area contributed by atoms with Crippen LogP contribution in [0.3, 0.4) is 0 Å². The van der Waals surface area contributed by atoms with Crippen LogP contribution in [0.4, 0.5) is 10.5 Å². The van der Waals surface area contributed by atoms with Crippen molar-refractivity contribution >= 4 is 23.3 Å². The van der Waals surface area contributed by atoms with Crippen LogP contribution >= 0.6 is 11.6 Å². The lowest BCUT2D eigenvalue weighted by Gasteiger charge is -2.20. The van der Waals surface area contributed by atoms with E-state index in [-0.39, 0.29) is 23.7 Å². The summed E-state index contributed by atoms with van der Waals surface area (Å²) in [5.41, 5.74) is 1.87. The van der Waals surface area contributed by atoms with E-state index in [1.165, 1.54) is 6.20 Å². The third-order valence-electron chi connectivity index (χ3n) is 3.95. The van der Waals surface area contributed by atoms with Crippen LogP contribution in [-0.4, -0.2) is 23.7 Å². The monoisotopic (exact) mass is 347 g/mol. The van der Waals surface area contributed by atoms with Crippen LogP contribution in [0.2, 0.25) is 5.02 Å². The minimum Gasteiger partial charge on any atom is -0.371 e. The molecule has 1 aromatic carbocycles. The molecule has 0 spiro atoms. The van der Waals surface area contributed by atoms with Gasteiger partial charge in [-0.2, -0.15) is 0 Å². The number of benzene rings is 1. The number of hydrogen-bond acceptors (Lipinski definition) is 3. The highest BCUT2D eigenvalue weighted by Crippen LogP contribution is 2.30. The zero-order valence-corrected chi connectivity index (χ0v) is 13.9. The minimum absolute atomic E-state index is 0.130. The number of carbonyl (C=O) groups excluding carboxylic acids is 1. The Bertz CT molecular complexity index is 788. The first-order valence-corrected chi connectivity index (χ1v) is 8.04. The summed E-state index contributed by atoms with van der Waals surface area (Å²) in [4.78, 5) is 26.1. The van der Waals surface area contributed by atoms with E-state index in [1.807, 2.05) is 12.1 Å². The number of ether oxygens (including phenoxy) is 1. The number of carbonyl (C=O) groups is 1. The van der Waals surface area contributed by atoms with Crippen LogP contribution in [0.1, 0.15) is 23.7 Å². The summed E-state index contributed by atoms with van der Waals surface area (Å²) >= 11 is 5.91. The van der Waals surface area contributed by atoms with Gasteiger partial charge in [-0.25, -0.2) is 4.79 Å². The van der Waals surface area contributed by atoms with Gasteiger partial charge in [-0.3, -0.25) is 4.79 Å². The Labute approximate surface area is 144 Å². The molecule has 2 aromatic rings. The molecule has 0 bridgehead atoms. The van der Waals surface area contributed by atoms with Crippen molar-refractivity contribution < 1.29 is 9.53 Å². The highest BCUT2D eigenvalue weighted by molar-refractivity contribution is 6.30. The number of anilines is 1. The Morgan fingerprint density at radius 1 is 1.33 bits per heavy atom. The molecule has 1 aliphatic heterocycles. The number of H-pyrrole nitrogens is 1. The van der Waals surface area contributed by atoms with Crippen molar-refractivity contribution in [2.24, 2.45) is 0 Å². The molecule has 1 aliphatic rings. The van der Waals surface area contributed by atoms with E-state index >= 15 is 0 Å². The molecule has 6 nitrogen and oxygen atoms in total. The number of aryl methyl sites for hydroxylation is 1. The summed E-state index contributed by atoms with van der Waals surface area (Å²) in [5, 5.41) is 6.31. The maximum absolute atomic E-state index is 12.2. The normalized spacial score (nSPS) is 19.9. The maximum Gasteiger partial charge on any atom is 0.319 e. The van der Waals surface area contributed by atoms with Crippen molar-refractivity contribution in [2.75, 3.05) is 11.9 Å². The fraction of sp³-hybridized carbons (Fsp3) is 0.294. The van der Waals surface area contributed by atoms with Crippen LogP contribution in [-0.2, 0) is 4.74 Å². The summed E-state index contributed by atoms with van der Waals surface area (Å²) in [7, 11) is 0. The molecular weight excluding hydrogens is 330 g/mol. The number of nitrogens with one attached hydrogen (secondary N) is 3. The minimum atomic E-state index is -0.337. The number of aromatic amines is 1. The van der Waals surface area contributed by atoms with Crippen LogP contribution in [0.25, 0.3) is 0 Å². The van der Waals surface area contributed by atoms with E-state index in [0.717, 1.165) is 12.0 Å². The van der Waals surface area contributed by atoms with Gasteiger partial charge in [-0.15, -0.1) is 0 Å². The van der Waals surface area contributed by atoms with Crippen molar-refractivity contribution in [2.45, 2.75) is 25.5 Å². The van der Waals surface area contributed by atoms with Crippen molar-refractivity contribution in [3.63, 3.8) is 0 Å². The summed E-state index contributed by atoms with van der Waals surface area (Å²) in [6.07, 6.45) is 1.99.